The second-order valence-corrected chi connectivity index (χ2v) is 4.10. The highest BCUT2D eigenvalue weighted by Crippen LogP contribution is 2.33. The van der Waals surface area contributed by atoms with Crippen LogP contribution in [0.2, 0.25) is 0 Å². The third kappa shape index (κ3) is 2.06. The molecule has 0 bridgehead atoms. The van der Waals surface area contributed by atoms with Crippen LogP contribution in [0.4, 0.5) is 13.2 Å². The molecule has 0 atom stereocenters. The predicted molar refractivity (Wildman–Crippen MR) is 62.0 cm³/mol. The summed E-state index contributed by atoms with van der Waals surface area (Å²) in [6.07, 6.45) is -3.02. The lowest BCUT2D eigenvalue weighted by Gasteiger charge is -2.03. The maximum Gasteiger partial charge on any atom is 0.431 e. The molecule has 0 aliphatic carbocycles. The molecule has 2 aromatic rings. The zero-order valence-corrected chi connectivity index (χ0v) is 9.73. The molecule has 1 N–H and O–H groups in total. The minimum Gasteiger partial charge on any atom is -0.351 e. The van der Waals surface area contributed by atoms with Crippen molar-refractivity contribution in [2.75, 3.05) is 0 Å². The largest absolute Gasteiger partial charge is 0.431 e. The number of hydrogen-bond donors (Lipinski definition) is 1. The lowest BCUT2D eigenvalue weighted by molar-refractivity contribution is -0.140. The number of aryl methyl sites for hydroxylation is 1. The number of rotatable bonds is 2. The smallest absolute Gasteiger partial charge is 0.351 e. The van der Waals surface area contributed by atoms with Gasteiger partial charge in [-0.25, -0.2) is 0 Å². The van der Waals surface area contributed by atoms with E-state index >= 15 is 0 Å². The van der Waals surface area contributed by atoms with Gasteiger partial charge in [-0.15, -0.1) is 0 Å². The van der Waals surface area contributed by atoms with Crippen molar-refractivity contribution in [3.05, 3.63) is 35.0 Å². The zero-order valence-electron chi connectivity index (χ0n) is 9.73. The number of nitrogens with zero attached hydrogens (tertiary/aromatic N) is 1. The van der Waals surface area contributed by atoms with E-state index in [0.717, 1.165) is 12.5 Å². The first kappa shape index (κ1) is 12.5. The number of fused-ring (bicyclic) bond motifs is 1. The van der Waals surface area contributed by atoms with Gasteiger partial charge in [-0.1, -0.05) is 13.3 Å². The van der Waals surface area contributed by atoms with Gasteiger partial charge in [0.05, 0.1) is 11.6 Å². The first-order valence-corrected chi connectivity index (χ1v) is 5.59. The van der Waals surface area contributed by atoms with Crippen LogP contribution in [-0.2, 0) is 12.6 Å². The molecule has 0 aliphatic heterocycles. The van der Waals surface area contributed by atoms with E-state index in [4.69, 9.17) is 5.26 Å². The second kappa shape index (κ2) is 4.37. The number of nitriles is 1. The van der Waals surface area contributed by atoms with Gasteiger partial charge in [0.1, 0.15) is 5.69 Å². The van der Waals surface area contributed by atoms with Gasteiger partial charge < -0.3 is 4.98 Å². The Morgan fingerprint density at radius 1 is 1.33 bits per heavy atom. The van der Waals surface area contributed by atoms with Crippen LogP contribution in [0, 0.1) is 11.3 Å². The molecule has 1 heterocycles. The summed E-state index contributed by atoms with van der Waals surface area (Å²) in [6, 6.07) is 6.19. The summed E-state index contributed by atoms with van der Waals surface area (Å²) in [5.74, 6) is 0. The van der Waals surface area contributed by atoms with Crippen LogP contribution in [0.15, 0.2) is 18.2 Å². The van der Waals surface area contributed by atoms with Crippen molar-refractivity contribution >= 4 is 10.9 Å². The molecule has 0 fully saturated rings. The van der Waals surface area contributed by atoms with E-state index in [2.05, 4.69) is 4.98 Å². The van der Waals surface area contributed by atoms with E-state index in [-0.39, 0.29) is 0 Å². The Hall–Kier alpha value is -1.96. The van der Waals surface area contributed by atoms with E-state index in [9.17, 15) is 13.2 Å². The highest BCUT2D eigenvalue weighted by atomic mass is 19.4. The molecule has 18 heavy (non-hydrogen) atoms. The Labute approximate surface area is 102 Å². The van der Waals surface area contributed by atoms with Gasteiger partial charge in [-0.3, -0.25) is 0 Å². The monoisotopic (exact) mass is 252 g/mol. The number of nitrogens with one attached hydrogen (secondary N) is 1. The van der Waals surface area contributed by atoms with Crippen molar-refractivity contribution in [2.24, 2.45) is 0 Å². The Balaban J connectivity index is 2.69. The van der Waals surface area contributed by atoms with E-state index in [1.165, 1.54) is 6.07 Å². The quantitative estimate of drug-likeness (QED) is 0.861. The fraction of sp³-hybridized carbons (Fsp3) is 0.308. The van der Waals surface area contributed by atoms with Crippen molar-refractivity contribution in [3.8, 4) is 6.07 Å². The topological polar surface area (TPSA) is 39.6 Å². The van der Waals surface area contributed by atoms with Crippen molar-refractivity contribution in [3.63, 3.8) is 0 Å². The van der Waals surface area contributed by atoms with Crippen LogP contribution in [0.1, 0.15) is 30.2 Å². The molecule has 94 valence electrons. The van der Waals surface area contributed by atoms with Gasteiger partial charge in [0, 0.05) is 10.9 Å². The SMILES string of the molecule is CCCc1c(C#N)ccc2[nH]c(C(F)(F)F)cc12. The van der Waals surface area contributed by atoms with Crippen molar-refractivity contribution in [2.45, 2.75) is 25.9 Å². The Morgan fingerprint density at radius 3 is 2.61 bits per heavy atom. The molecule has 0 saturated heterocycles. The van der Waals surface area contributed by atoms with Crippen LogP contribution < -0.4 is 0 Å². The average Bonchev–Trinajstić information content (AvgIpc) is 2.73. The number of aromatic nitrogens is 1. The number of benzene rings is 1. The molecule has 2 rings (SSSR count). The number of hydrogen-bond acceptors (Lipinski definition) is 1. The van der Waals surface area contributed by atoms with E-state index in [0.29, 0.717) is 28.5 Å². The van der Waals surface area contributed by atoms with E-state index < -0.39 is 11.9 Å². The van der Waals surface area contributed by atoms with E-state index in [1.807, 2.05) is 13.0 Å². The molecule has 0 aliphatic rings. The maximum absolute atomic E-state index is 12.6. The van der Waals surface area contributed by atoms with Crippen molar-refractivity contribution in [1.29, 1.82) is 5.26 Å². The minimum absolute atomic E-state index is 0.421. The third-order valence-corrected chi connectivity index (χ3v) is 2.84. The number of H-pyrrole nitrogens is 1. The standard InChI is InChI=1S/C13H11F3N2/c1-2-3-9-8(7-17)4-5-11-10(9)6-12(18-11)13(14,15)16/h4-6,18H,2-3H2,1H3. The number of alkyl halides is 3. The van der Waals surface area contributed by atoms with Crippen LogP contribution >= 0.6 is 0 Å². The summed E-state index contributed by atoms with van der Waals surface area (Å²) < 4.78 is 37.9. The highest BCUT2D eigenvalue weighted by Gasteiger charge is 2.32. The summed E-state index contributed by atoms with van der Waals surface area (Å²) in [6.45, 7) is 1.93. The first-order chi connectivity index (χ1) is 8.47. The first-order valence-electron chi connectivity index (χ1n) is 5.59. The van der Waals surface area contributed by atoms with Gasteiger partial charge in [-0.05, 0) is 30.2 Å². The lowest BCUT2D eigenvalue weighted by atomic mass is 10.00. The molecule has 5 heteroatoms. The highest BCUT2D eigenvalue weighted by molar-refractivity contribution is 5.86. The summed E-state index contributed by atoms with van der Waals surface area (Å²) in [5, 5.41) is 9.48. The Morgan fingerprint density at radius 2 is 2.06 bits per heavy atom. The summed E-state index contributed by atoms with van der Waals surface area (Å²) in [7, 11) is 0. The molecule has 1 aromatic heterocycles. The molecule has 0 radical (unpaired) electrons. The molecular formula is C13H11F3N2. The predicted octanol–water partition coefficient (Wildman–Crippen LogP) is 4.01. The van der Waals surface area contributed by atoms with Crippen LogP contribution in [0.25, 0.3) is 10.9 Å². The van der Waals surface area contributed by atoms with Gasteiger partial charge >= 0.3 is 6.18 Å². The number of aromatic amines is 1. The lowest BCUT2D eigenvalue weighted by Crippen LogP contribution is -2.04. The normalized spacial score (nSPS) is 11.7. The minimum atomic E-state index is -4.39. The zero-order chi connectivity index (χ0) is 13.3. The van der Waals surface area contributed by atoms with E-state index in [1.54, 1.807) is 6.07 Å². The average molecular weight is 252 g/mol. The molecule has 0 unspecified atom stereocenters. The molecule has 1 aromatic carbocycles. The fourth-order valence-electron chi connectivity index (χ4n) is 2.04. The summed E-state index contributed by atoms with van der Waals surface area (Å²) in [5.41, 5.74) is 0.774. The van der Waals surface area contributed by atoms with Gasteiger partial charge in [-0.2, -0.15) is 18.4 Å². The summed E-state index contributed by atoms with van der Waals surface area (Å²) in [4.78, 5) is 2.35. The van der Waals surface area contributed by atoms with Gasteiger partial charge in [0.2, 0.25) is 0 Å². The maximum atomic E-state index is 12.6. The van der Waals surface area contributed by atoms with Crippen LogP contribution in [0.3, 0.4) is 0 Å². The third-order valence-electron chi connectivity index (χ3n) is 2.84. The molecule has 2 nitrogen and oxygen atoms in total. The molecule has 0 spiro atoms. The van der Waals surface area contributed by atoms with Crippen molar-refractivity contribution in [1.82, 2.24) is 4.98 Å². The summed E-state index contributed by atoms with van der Waals surface area (Å²) >= 11 is 0. The van der Waals surface area contributed by atoms with Crippen LogP contribution in [0.5, 0.6) is 0 Å². The molecule has 0 saturated carbocycles. The van der Waals surface area contributed by atoms with Gasteiger partial charge in [0.15, 0.2) is 0 Å². The van der Waals surface area contributed by atoms with Gasteiger partial charge in [0.25, 0.3) is 0 Å². The fourth-order valence-corrected chi connectivity index (χ4v) is 2.04. The Bertz CT molecular complexity index is 617. The van der Waals surface area contributed by atoms with Crippen LogP contribution in [-0.4, -0.2) is 4.98 Å². The van der Waals surface area contributed by atoms with Crippen molar-refractivity contribution < 1.29 is 13.2 Å². The molecule has 0 amide bonds. The Kier molecular flexibility index (Phi) is 3.04. The second-order valence-electron chi connectivity index (χ2n) is 4.10. The molecular weight excluding hydrogens is 241 g/mol. The number of halogens is 3.